The zero-order valence-corrected chi connectivity index (χ0v) is 15.8. The van der Waals surface area contributed by atoms with Crippen LogP contribution in [0, 0.1) is 0 Å². The highest BCUT2D eigenvalue weighted by Gasteiger charge is 2.46. The van der Waals surface area contributed by atoms with Crippen LogP contribution in [0.5, 0.6) is 0 Å². The van der Waals surface area contributed by atoms with Gasteiger partial charge in [0.25, 0.3) is 0 Å². The smallest absolute Gasteiger partial charge is 0.248 e. The Balaban J connectivity index is 1.62. The maximum Gasteiger partial charge on any atom is 0.248 e. The summed E-state index contributed by atoms with van der Waals surface area (Å²) in [7, 11) is 0. The third-order valence-electron chi connectivity index (χ3n) is 5.94. The molecule has 1 aromatic heterocycles. The van der Waals surface area contributed by atoms with Crippen molar-refractivity contribution in [2.45, 2.75) is 62.7 Å². The molecule has 0 amide bonds. The van der Waals surface area contributed by atoms with Gasteiger partial charge in [-0.15, -0.1) is 11.8 Å². The van der Waals surface area contributed by atoms with Gasteiger partial charge in [-0.1, -0.05) is 17.7 Å². The van der Waals surface area contributed by atoms with E-state index in [0.717, 1.165) is 24.4 Å². The van der Waals surface area contributed by atoms with Gasteiger partial charge >= 0.3 is 0 Å². The summed E-state index contributed by atoms with van der Waals surface area (Å²) >= 11 is 7.89. The van der Waals surface area contributed by atoms with Crippen LogP contribution in [-0.2, 0) is 5.41 Å². The fourth-order valence-corrected chi connectivity index (χ4v) is 5.77. The van der Waals surface area contributed by atoms with Crippen LogP contribution in [0.15, 0.2) is 28.9 Å². The van der Waals surface area contributed by atoms with Crippen LogP contribution < -0.4 is 0 Å². The molecule has 1 aliphatic heterocycles. The minimum Gasteiger partial charge on any atom is -0.364 e. The molecule has 3 aliphatic rings. The Bertz CT molecular complexity index is 665. The summed E-state index contributed by atoms with van der Waals surface area (Å²) in [4.78, 5) is 8.21. The van der Waals surface area contributed by atoms with E-state index in [2.05, 4.69) is 9.88 Å². The number of thioether (sulfide) groups is 1. The monoisotopic (exact) mass is 384 g/mol. The topological polar surface area (TPSA) is 16.1 Å². The Kier molecular flexibility index (Phi) is 4.74. The van der Waals surface area contributed by atoms with Crippen LogP contribution in [0.2, 0.25) is 5.15 Å². The standard InChI is InChI=1S/C19H23ClF2N2S/c20-17-6-5-14(11-23-17)18(7-9-19(21,22)10-8-18)12-24-13-25-16-4-2-1-3-15(16)24/h5-6,11H,1-4,7-10,12-13H2. The number of rotatable bonds is 3. The average molecular weight is 385 g/mol. The molecule has 0 bridgehead atoms. The van der Waals surface area contributed by atoms with Crippen molar-refractivity contribution in [2.24, 2.45) is 0 Å². The van der Waals surface area contributed by atoms with E-state index in [0.29, 0.717) is 18.0 Å². The van der Waals surface area contributed by atoms with E-state index in [4.69, 9.17) is 11.6 Å². The minimum atomic E-state index is -2.53. The molecule has 25 heavy (non-hydrogen) atoms. The molecule has 1 saturated carbocycles. The minimum absolute atomic E-state index is 0.0392. The van der Waals surface area contributed by atoms with Gasteiger partial charge in [0, 0.05) is 41.6 Å². The van der Waals surface area contributed by atoms with Crippen LogP contribution >= 0.6 is 23.4 Å². The summed E-state index contributed by atoms with van der Waals surface area (Å²) < 4.78 is 27.7. The third-order valence-corrected chi connectivity index (χ3v) is 7.39. The number of pyridine rings is 1. The van der Waals surface area contributed by atoms with Gasteiger partial charge in [-0.2, -0.15) is 0 Å². The molecular formula is C19H23ClF2N2S. The first-order chi connectivity index (χ1) is 12.0. The molecule has 2 aliphatic carbocycles. The molecule has 6 heteroatoms. The molecule has 0 unspecified atom stereocenters. The van der Waals surface area contributed by atoms with Gasteiger partial charge in [-0.3, -0.25) is 0 Å². The van der Waals surface area contributed by atoms with Gasteiger partial charge < -0.3 is 4.90 Å². The molecule has 1 fully saturated rings. The summed E-state index contributed by atoms with van der Waals surface area (Å²) in [6.07, 6.45) is 7.56. The van der Waals surface area contributed by atoms with Crippen LogP contribution in [0.4, 0.5) is 8.78 Å². The summed E-state index contributed by atoms with van der Waals surface area (Å²) in [5, 5.41) is 0.453. The molecule has 136 valence electrons. The third kappa shape index (κ3) is 3.55. The Morgan fingerprint density at radius 3 is 2.60 bits per heavy atom. The zero-order chi connectivity index (χ0) is 17.5. The van der Waals surface area contributed by atoms with Crippen molar-refractivity contribution >= 4 is 23.4 Å². The van der Waals surface area contributed by atoms with Crippen molar-refractivity contribution in [3.8, 4) is 0 Å². The van der Waals surface area contributed by atoms with E-state index in [9.17, 15) is 8.78 Å². The van der Waals surface area contributed by atoms with E-state index in [1.54, 1.807) is 12.3 Å². The van der Waals surface area contributed by atoms with Crippen LogP contribution in [0.1, 0.15) is 56.9 Å². The number of aromatic nitrogens is 1. The van der Waals surface area contributed by atoms with Crippen LogP contribution in [-0.4, -0.2) is 28.2 Å². The van der Waals surface area contributed by atoms with Crippen molar-refractivity contribution < 1.29 is 8.78 Å². The van der Waals surface area contributed by atoms with Gasteiger partial charge in [0.15, 0.2) is 0 Å². The van der Waals surface area contributed by atoms with Gasteiger partial charge in [0.1, 0.15) is 5.15 Å². The molecule has 2 nitrogen and oxygen atoms in total. The first-order valence-corrected chi connectivity index (χ1v) is 10.4. The lowest BCUT2D eigenvalue weighted by atomic mass is 9.68. The summed E-state index contributed by atoms with van der Waals surface area (Å²) in [6.45, 7) is 0.818. The highest BCUT2D eigenvalue weighted by molar-refractivity contribution is 8.03. The fraction of sp³-hybridized carbons (Fsp3) is 0.632. The number of hydrogen-bond donors (Lipinski definition) is 0. The van der Waals surface area contributed by atoms with Gasteiger partial charge in [0.05, 0.1) is 5.88 Å². The Hall–Kier alpha value is -0.810. The second-order valence-corrected chi connectivity index (χ2v) is 8.98. The Morgan fingerprint density at radius 1 is 1.12 bits per heavy atom. The highest BCUT2D eigenvalue weighted by atomic mass is 35.5. The molecule has 0 radical (unpaired) electrons. The lowest BCUT2D eigenvalue weighted by molar-refractivity contribution is -0.0548. The second-order valence-electron chi connectivity index (χ2n) is 7.55. The fourth-order valence-electron chi connectivity index (χ4n) is 4.41. The Morgan fingerprint density at radius 2 is 1.88 bits per heavy atom. The van der Waals surface area contributed by atoms with Crippen molar-refractivity contribution in [3.05, 3.63) is 39.6 Å². The quantitative estimate of drug-likeness (QED) is 0.597. The number of halogens is 3. The molecule has 0 spiro atoms. The molecule has 0 saturated heterocycles. The predicted molar refractivity (Wildman–Crippen MR) is 99.0 cm³/mol. The predicted octanol–water partition coefficient (Wildman–Crippen LogP) is 5.97. The Labute approximate surface area is 157 Å². The lowest BCUT2D eigenvalue weighted by Crippen LogP contribution is -2.44. The van der Waals surface area contributed by atoms with Crippen molar-refractivity contribution in [1.82, 2.24) is 9.88 Å². The number of allylic oxidation sites excluding steroid dienone is 2. The van der Waals surface area contributed by atoms with Gasteiger partial charge in [0.2, 0.25) is 5.92 Å². The van der Waals surface area contributed by atoms with E-state index in [1.807, 2.05) is 17.8 Å². The summed E-state index contributed by atoms with van der Waals surface area (Å²) in [5.74, 6) is -1.57. The number of hydrogen-bond acceptors (Lipinski definition) is 3. The van der Waals surface area contributed by atoms with E-state index in [1.165, 1.54) is 29.9 Å². The molecule has 2 heterocycles. The largest absolute Gasteiger partial charge is 0.364 e. The highest BCUT2D eigenvalue weighted by Crippen LogP contribution is 2.49. The van der Waals surface area contributed by atoms with Crippen molar-refractivity contribution in [3.63, 3.8) is 0 Å². The lowest BCUT2D eigenvalue weighted by Gasteiger charge is -2.43. The average Bonchev–Trinajstić information content (AvgIpc) is 3.01. The van der Waals surface area contributed by atoms with Crippen LogP contribution in [0.3, 0.4) is 0 Å². The van der Waals surface area contributed by atoms with E-state index in [-0.39, 0.29) is 18.3 Å². The van der Waals surface area contributed by atoms with E-state index >= 15 is 0 Å². The number of alkyl halides is 2. The number of nitrogens with zero attached hydrogens (tertiary/aromatic N) is 2. The van der Waals surface area contributed by atoms with Gasteiger partial charge in [-0.05, 0) is 50.2 Å². The maximum atomic E-state index is 13.8. The van der Waals surface area contributed by atoms with Crippen molar-refractivity contribution in [2.75, 3.05) is 12.4 Å². The van der Waals surface area contributed by atoms with Crippen LogP contribution in [0.25, 0.3) is 0 Å². The molecule has 1 aromatic rings. The van der Waals surface area contributed by atoms with Crippen molar-refractivity contribution in [1.29, 1.82) is 0 Å². The zero-order valence-electron chi connectivity index (χ0n) is 14.2. The van der Waals surface area contributed by atoms with E-state index < -0.39 is 5.92 Å². The summed E-state index contributed by atoms with van der Waals surface area (Å²) in [5.41, 5.74) is 2.27. The maximum absolute atomic E-state index is 13.8. The van der Waals surface area contributed by atoms with Gasteiger partial charge in [-0.25, -0.2) is 13.8 Å². The molecular weight excluding hydrogens is 362 g/mol. The normalized spacial score (nSPS) is 25.2. The second kappa shape index (κ2) is 6.73. The molecule has 0 atom stereocenters. The molecule has 0 aromatic carbocycles. The summed E-state index contributed by atoms with van der Waals surface area (Å²) in [6, 6.07) is 3.77. The first kappa shape index (κ1) is 17.6. The molecule has 0 N–H and O–H groups in total. The SMILES string of the molecule is FC1(F)CCC(CN2CSC3=C2CCCC3)(c2ccc(Cl)nc2)CC1. The molecule has 4 rings (SSSR count). The first-order valence-electron chi connectivity index (χ1n) is 9.07.